The number of aryl methyl sites for hydroxylation is 1. The van der Waals surface area contributed by atoms with E-state index >= 15 is 0 Å². The lowest BCUT2D eigenvalue weighted by Gasteiger charge is -2.11. The Morgan fingerprint density at radius 2 is 1.65 bits per heavy atom. The summed E-state index contributed by atoms with van der Waals surface area (Å²) in [5, 5.41) is 7.53. The molecule has 2 aromatic rings. The lowest BCUT2D eigenvalue weighted by molar-refractivity contribution is 1.45. The molecule has 5 heteroatoms. The minimum atomic E-state index is 0.543. The van der Waals surface area contributed by atoms with Gasteiger partial charge in [0.2, 0.25) is 0 Å². The van der Waals surface area contributed by atoms with Crippen molar-refractivity contribution >= 4 is 52.1 Å². The number of hydrogen-bond acceptors (Lipinski definition) is 2. The van der Waals surface area contributed by atoms with Crippen molar-refractivity contribution in [3.05, 3.63) is 53.1 Å². The number of benzene rings is 2. The second-order valence-electron chi connectivity index (χ2n) is 4.27. The Kier molecular flexibility index (Phi) is 5.29. The van der Waals surface area contributed by atoms with Gasteiger partial charge in [0, 0.05) is 21.3 Å². The van der Waals surface area contributed by atoms with E-state index in [1.54, 1.807) is 11.8 Å². The highest BCUT2D eigenvalue weighted by Crippen LogP contribution is 2.21. The van der Waals surface area contributed by atoms with E-state index in [1.807, 2.05) is 37.3 Å². The van der Waals surface area contributed by atoms with Gasteiger partial charge in [0.15, 0.2) is 5.11 Å². The molecule has 2 aromatic carbocycles. The summed E-state index contributed by atoms with van der Waals surface area (Å²) in [5.74, 6) is 0. The molecule has 2 rings (SSSR count). The van der Waals surface area contributed by atoms with Crippen LogP contribution in [0.1, 0.15) is 5.56 Å². The molecule has 0 aliphatic rings. The van der Waals surface area contributed by atoms with Crippen LogP contribution in [-0.4, -0.2) is 11.4 Å². The largest absolute Gasteiger partial charge is 0.332 e. The van der Waals surface area contributed by atoms with Crippen molar-refractivity contribution in [2.75, 3.05) is 16.9 Å². The van der Waals surface area contributed by atoms with Crippen LogP contribution < -0.4 is 10.6 Å². The Bertz CT molecular complexity index is 612. The average Bonchev–Trinajstić information content (AvgIpc) is 2.44. The molecule has 0 saturated heterocycles. The van der Waals surface area contributed by atoms with E-state index in [0.29, 0.717) is 5.11 Å². The molecule has 0 spiro atoms. The third-order valence-corrected chi connectivity index (χ3v) is 4.13. The zero-order valence-corrected chi connectivity index (χ0v) is 13.6. The van der Waals surface area contributed by atoms with Crippen molar-refractivity contribution < 1.29 is 0 Å². The monoisotopic (exact) mass is 322 g/mol. The Hall–Kier alpha value is -1.23. The number of anilines is 2. The molecule has 20 heavy (non-hydrogen) atoms. The van der Waals surface area contributed by atoms with E-state index in [0.717, 1.165) is 22.0 Å². The normalized spacial score (nSPS) is 10.2. The molecule has 2 N–H and O–H groups in total. The summed E-state index contributed by atoms with van der Waals surface area (Å²) in [7, 11) is 0. The van der Waals surface area contributed by atoms with Crippen molar-refractivity contribution in [1.82, 2.24) is 0 Å². The summed E-state index contributed by atoms with van der Waals surface area (Å²) >= 11 is 13.1. The molecule has 0 fully saturated rings. The summed E-state index contributed by atoms with van der Waals surface area (Å²) in [6.07, 6.45) is 2.05. The SMILES string of the molecule is CSc1ccc(NC(=S)Nc2ccc(C)c(Cl)c2)cc1. The summed E-state index contributed by atoms with van der Waals surface area (Å²) < 4.78 is 0. The highest BCUT2D eigenvalue weighted by Gasteiger charge is 2.01. The maximum atomic E-state index is 6.08. The molecule has 0 amide bonds. The fourth-order valence-electron chi connectivity index (χ4n) is 1.64. The molecular weight excluding hydrogens is 308 g/mol. The van der Waals surface area contributed by atoms with Gasteiger partial charge in [0.05, 0.1) is 0 Å². The van der Waals surface area contributed by atoms with Crippen LogP contribution in [0.15, 0.2) is 47.4 Å². The first-order valence-corrected chi connectivity index (χ1v) is 8.08. The first-order valence-electron chi connectivity index (χ1n) is 6.06. The molecule has 0 aliphatic heterocycles. The lowest BCUT2D eigenvalue weighted by Crippen LogP contribution is -2.18. The summed E-state index contributed by atoms with van der Waals surface area (Å²) in [6, 6.07) is 13.9. The topological polar surface area (TPSA) is 24.1 Å². The number of thiocarbonyl (C=S) groups is 1. The summed E-state index contributed by atoms with van der Waals surface area (Å²) in [5.41, 5.74) is 2.88. The van der Waals surface area contributed by atoms with Crippen LogP contribution in [0.2, 0.25) is 5.02 Å². The van der Waals surface area contributed by atoms with Gasteiger partial charge in [0.1, 0.15) is 0 Å². The van der Waals surface area contributed by atoms with Crippen LogP contribution in [0.4, 0.5) is 11.4 Å². The number of nitrogens with one attached hydrogen (secondary N) is 2. The minimum Gasteiger partial charge on any atom is -0.332 e. The molecule has 0 saturated carbocycles. The molecule has 104 valence electrons. The maximum absolute atomic E-state index is 6.08. The standard InChI is InChI=1S/C15H15ClN2S2/c1-10-3-4-12(9-14(10)16)18-15(19)17-11-5-7-13(20-2)8-6-11/h3-9H,1-2H3,(H2,17,18,19). The number of thioether (sulfide) groups is 1. The van der Waals surface area contributed by atoms with Gasteiger partial charge in [-0.1, -0.05) is 17.7 Å². The molecule has 0 heterocycles. The Morgan fingerprint density at radius 1 is 1.05 bits per heavy atom. The molecule has 0 aliphatic carbocycles. The van der Waals surface area contributed by atoms with E-state index in [9.17, 15) is 0 Å². The van der Waals surface area contributed by atoms with Crippen LogP contribution in [0.25, 0.3) is 0 Å². The zero-order valence-electron chi connectivity index (χ0n) is 11.2. The van der Waals surface area contributed by atoms with Crippen molar-refractivity contribution in [3.63, 3.8) is 0 Å². The van der Waals surface area contributed by atoms with E-state index < -0.39 is 0 Å². The number of halogens is 1. The van der Waals surface area contributed by atoms with Crippen LogP contribution >= 0.6 is 35.6 Å². The van der Waals surface area contributed by atoms with Crippen molar-refractivity contribution in [2.45, 2.75) is 11.8 Å². The molecule has 0 unspecified atom stereocenters. The zero-order chi connectivity index (χ0) is 14.5. The Morgan fingerprint density at radius 3 is 2.25 bits per heavy atom. The van der Waals surface area contributed by atoms with Gasteiger partial charge in [-0.05, 0) is 67.4 Å². The van der Waals surface area contributed by atoms with Gasteiger partial charge in [-0.3, -0.25) is 0 Å². The Balaban J connectivity index is 1.99. The third kappa shape index (κ3) is 4.13. The number of hydrogen-bond donors (Lipinski definition) is 2. The van der Waals surface area contributed by atoms with Gasteiger partial charge in [-0.25, -0.2) is 0 Å². The highest BCUT2D eigenvalue weighted by molar-refractivity contribution is 7.98. The van der Waals surface area contributed by atoms with Gasteiger partial charge in [0.25, 0.3) is 0 Å². The van der Waals surface area contributed by atoms with Crippen LogP contribution in [0.5, 0.6) is 0 Å². The maximum Gasteiger partial charge on any atom is 0.175 e. The van der Waals surface area contributed by atoms with E-state index in [1.165, 1.54) is 4.90 Å². The number of rotatable bonds is 3. The third-order valence-electron chi connectivity index (χ3n) is 2.78. The molecule has 0 bridgehead atoms. The lowest BCUT2D eigenvalue weighted by atomic mass is 10.2. The van der Waals surface area contributed by atoms with Gasteiger partial charge in [-0.15, -0.1) is 11.8 Å². The Labute approximate surface area is 133 Å². The smallest absolute Gasteiger partial charge is 0.175 e. The molecule has 2 nitrogen and oxygen atoms in total. The van der Waals surface area contributed by atoms with Crippen molar-refractivity contribution in [2.24, 2.45) is 0 Å². The first kappa shape index (κ1) is 15.2. The van der Waals surface area contributed by atoms with E-state index in [4.69, 9.17) is 23.8 Å². The second kappa shape index (κ2) is 6.97. The summed E-state index contributed by atoms with van der Waals surface area (Å²) in [6.45, 7) is 1.97. The quantitative estimate of drug-likeness (QED) is 0.600. The molecule has 0 radical (unpaired) electrons. The predicted octanol–water partition coefficient (Wildman–Crippen LogP) is 5.18. The second-order valence-corrected chi connectivity index (χ2v) is 5.97. The van der Waals surface area contributed by atoms with E-state index in [-0.39, 0.29) is 0 Å². The first-order chi connectivity index (χ1) is 9.58. The minimum absolute atomic E-state index is 0.543. The van der Waals surface area contributed by atoms with Crippen molar-refractivity contribution in [3.8, 4) is 0 Å². The fourth-order valence-corrected chi connectivity index (χ4v) is 2.46. The molecule has 0 aromatic heterocycles. The molecule has 0 atom stereocenters. The summed E-state index contributed by atoms with van der Waals surface area (Å²) in [4.78, 5) is 1.22. The fraction of sp³-hybridized carbons (Fsp3) is 0.133. The van der Waals surface area contributed by atoms with Crippen LogP contribution in [-0.2, 0) is 0 Å². The van der Waals surface area contributed by atoms with Crippen LogP contribution in [0, 0.1) is 6.92 Å². The molecular formula is C15H15ClN2S2. The van der Waals surface area contributed by atoms with Gasteiger partial charge >= 0.3 is 0 Å². The average molecular weight is 323 g/mol. The predicted molar refractivity (Wildman–Crippen MR) is 94.3 cm³/mol. The van der Waals surface area contributed by atoms with Gasteiger partial charge in [-0.2, -0.15) is 0 Å². The highest BCUT2D eigenvalue weighted by atomic mass is 35.5. The van der Waals surface area contributed by atoms with Gasteiger partial charge < -0.3 is 10.6 Å². The van der Waals surface area contributed by atoms with E-state index in [2.05, 4.69) is 29.0 Å². The van der Waals surface area contributed by atoms with Crippen molar-refractivity contribution in [1.29, 1.82) is 0 Å². The van der Waals surface area contributed by atoms with Crippen LogP contribution in [0.3, 0.4) is 0 Å².